The molecule has 0 atom stereocenters. The highest BCUT2D eigenvalue weighted by Gasteiger charge is 2.31. The summed E-state index contributed by atoms with van der Waals surface area (Å²) in [6.07, 6.45) is 10.6. The van der Waals surface area contributed by atoms with E-state index in [1.54, 1.807) is 12.1 Å². The number of rotatable bonds is 5. The third-order valence-corrected chi connectivity index (χ3v) is 7.61. The topological polar surface area (TPSA) is 58.4 Å². The lowest BCUT2D eigenvalue weighted by Gasteiger charge is -2.35. The molecule has 0 spiro atoms. The molecule has 1 saturated carbocycles. The molecule has 1 aromatic heterocycles. The van der Waals surface area contributed by atoms with Crippen molar-refractivity contribution >= 4 is 11.8 Å². The summed E-state index contributed by atoms with van der Waals surface area (Å²) in [5, 5.41) is 4.72. The molecule has 1 aliphatic heterocycles. The van der Waals surface area contributed by atoms with Crippen LogP contribution in [0, 0.1) is 11.7 Å². The van der Waals surface area contributed by atoms with Crippen LogP contribution in [0.4, 0.5) is 4.39 Å². The Morgan fingerprint density at radius 1 is 0.909 bits per heavy atom. The maximum Gasteiger partial charge on any atom is 0.274 e. The van der Waals surface area contributed by atoms with Crippen molar-refractivity contribution in [2.45, 2.75) is 64.2 Å². The smallest absolute Gasteiger partial charge is 0.274 e. The number of carbonyl (C=O) groups excluding carboxylic acids is 2. The zero-order valence-corrected chi connectivity index (χ0v) is 19.3. The summed E-state index contributed by atoms with van der Waals surface area (Å²) in [5.74, 6) is 0.616. The first-order valence-corrected chi connectivity index (χ1v) is 12.5. The molecule has 7 heteroatoms. The number of nitrogens with zero attached hydrogens (tertiary/aromatic N) is 4. The van der Waals surface area contributed by atoms with Crippen LogP contribution < -0.4 is 0 Å². The van der Waals surface area contributed by atoms with E-state index in [1.165, 1.54) is 37.8 Å². The number of fused-ring (bicyclic) bond motifs is 1. The van der Waals surface area contributed by atoms with Gasteiger partial charge in [-0.15, -0.1) is 0 Å². The molecule has 0 bridgehead atoms. The molecule has 2 heterocycles. The molecule has 2 aromatic rings. The summed E-state index contributed by atoms with van der Waals surface area (Å²) < 4.78 is 15.2. The highest BCUT2D eigenvalue weighted by atomic mass is 19.1. The van der Waals surface area contributed by atoms with Gasteiger partial charge in [0.15, 0.2) is 5.69 Å². The van der Waals surface area contributed by atoms with Crippen molar-refractivity contribution in [1.29, 1.82) is 0 Å². The van der Waals surface area contributed by atoms with Crippen LogP contribution in [-0.4, -0.2) is 57.6 Å². The van der Waals surface area contributed by atoms with E-state index in [9.17, 15) is 14.0 Å². The maximum atomic E-state index is 13.4. The molecule has 5 rings (SSSR count). The van der Waals surface area contributed by atoms with Crippen LogP contribution in [0.1, 0.15) is 73.1 Å². The molecule has 6 nitrogen and oxygen atoms in total. The highest BCUT2D eigenvalue weighted by Crippen LogP contribution is 2.30. The van der Waals surface area contributed by atoms with Crippen LogP contribution in [0.3, 0.4) is 0 Å². The van der Waals surface area contributed by atoms with Gasteiger partial charge >= 0.3 is 0 Å². The zero-order chi connectivity index (χ0) is 22.8. The third kappa shape index (κ3) is 4.68. The Hall–Kier alpha value is -2.70. The Labute approximate surface area is 194 Å². The van der Waals surface area contributed by atoms with E-state index >= 15 is 0 Å². The minimum absolute atomic E-state index is 0.0490. The minimum Gasteiger partial charge on any atom is -0.339 e. The summed E-state index contributed by atoms with van der Waals surface area (Å²) in [7, 11) is 0. The fraction of sp³-hybridized carbons (Fsp3) is 0.577. The summed E-state index contributed by atoms with van der Waals surface area (Å²) >= 11 is 0. The van der Waals surface area contributed by atoms with Gasteiger partial charge in [-0.1, -0.05) is 25.7 Å². The molecule has 0 radical (unpaired) electrons. The number of piperazine rings is 1. The highest BCUT2D eigenvalue weighted by molar-refractivity contribution is 5.94. The van der Waals surface area contributed by atoms with Gasteiger partial charge in [-0.2, -0.15) is 5.10 Å². The second kappa shape index (κ2) is 9.65. The third-order valence-electron chi connectivity index (χ3n) is 7.61. The van der Waals surface area contributed by atoms with Gasteiger partial charge in [-0.25, -0.2) is 9.07 Å². The van der Waals surface area contributed by atoms with Crippen LogP contribution >= 0.6 is 0 Å². The normalized spacial score (nSPS) is 19.1. The van der Waals surface area contributed by atoms with Crippen molar-refractivity contribution in [3.8, 4) is 5.69 Å². The number of aromatic nitrogens is 2. The minimum atomic E-state index is -0.285. The summed E-state index contributed by atoms with van der Waals surface area (Å²) in [6.45, 7) is 2.28. The van der Waals surface area contributed by atoms with Crippen LogP contribution in [0.2, 0.25) is 0 Å². The monoisotopic (exact) mass is 452 g/mol. The van der Waals surface area contributed by atoms with Crippen molar-refractivity contribution < 1.29 is 14.0 Å². The molecule has 1 saturated heterocycles. The van der Waals surface area contributed by atoms with Crippen LogP contribution in [0.25, 0.3) is 5.69 Å². The van der Waals surface area contributed by atoms with Gasteiger partial charge in [0, 0.05) is 43.9 Å². The van der Waals surface area contributed by atoms with Gasteiger partial charge in [0.1, 0.15) is 5.82 Å². The van der Waals surface area contributed by atoms with Gasteiger partial charge in [-0.3, -0.25) is 9.59 Å². The van der Waals surface area contributed by atoms with Gasteiger partial charge in [0.05, 0.1) is 5.69 Å². The Morgan fingerprint density at radius 2 is 1.58 bits per heavy atom. The number of amides is 2. The van der Waals surface area contributed by atoms with Gasteiger partial charge in [0.25, 0.3) is 5.91 Å². The molecule has 0 N–H and O–H groups in total. The lowest BCUT2D eigenvalue weighted by atomic mass is 9.95. The average molecular weight is 453 g/mol. The summed E-state index contributed by atoms with van der Waals surface area (Å²) in [5.41, 5.74) is 3.41. The quantitative estimate of drug-likeness (QED) is 0.685. The molecule has 1 aromatic carbocycles. The number of hydrogen-bond donors (Lipinski definition) is 0. The first-order valence-electron chi connectivity index (χ1n) is 12.5. The number of halogens is 1. The molecule has 2 aliphatic carbocycles. The molecular formula is C26H33FN4O2. The van der Waals surface area contributed by atoms with Crippen LogP contribution in [0.5, 0.6) is 0 Å². The van der Waals surface area contributed by atoms with E-state index in [-0.39, 0.29) is 17.6 Å². The maximum absolute atomic E-state index is 13.4. The number of hydrogen-bond acceptors (Lipinski definition) is 3. The lowest BCUT2D eigenvalue weighted by Crippen LogP contribution is -2.50. The zero-order valence-electron chi connectivity index (χ0n) is 19.3. The number of benzene rings is 1. The molecule has 2 amide bonds. The van der Waals surface area contributed by atoms with E-state index in [2.05, 4.69) is 0 Å². The fourth-order valence-corrected chi connectivity index (χ4v) is 5.66. The predicted molar refractivity (Wildman–Crippen MR) is 124 cm³/mol. The Morgan fingerprint density at radius 3 is 2.30 bits per heavy atom. The lowest BCUT2D eigenvalue weighted by molar-refractivity contribution is -0.133. The van der Waals surface area contributed by atoms with E-state index in [1.807, 2.05) is 14.5 Å². The van der Waals surface area contributed by atoms with E-state index in [4.69, 9.17) is 5.10 Å². The Balaban J connectivity index is 1.25. The molecule has 176 valence electrons. The SMILES string of the molecule is O=C(CCC1CCCC1)N1CCN(C(=O)c2nn(-c3ccc(F)cc3)c3c2CCCC3)CC1. The van der Waals surface area contributed by atoms with Crippen molar-refractivity contribution in [2.24, 2.45) is 5.92 Å². The summed E-state index contributed by atoms with van der Waals surface area (Å²) in [4.78, 5) is 29.9. The largest absolute Gasteiger partial charge is 0.339 e. The van der Waals surface area contributed by atoms with Crippen molar-refractivity contribution in [3.05, 3.63) is 47.0 Å². The second-order valence-corrected chi connectivity index (χ2v) is 9.73. The molecule has 2 fully saturated rings. The van der Waals surface area contributed by atoms with Gasteiger partial charge < -0.3 is 9.80 Å². The Kier molecular flexibility index (Phi) is 6.47. The van der Waals surface area contributed by atoms with Gasteiger partial charge in [0.2, 0.25) is 5.91 Å². The molecule has 33 heavy (non-hydrogen) atoms. The molecular weight excluding hydrogens is 419 g/mol. The van der Waals surface area contributed by atoms with E-state index in [0.29, 0.717) is 38.3 Å². The van der Waals surface area contributed by atoms with Crippen LogP contribution in [-0.2, 0) is 17.6 Å². The molecule has 3 aliphatic rings. The van der Waals surface area contributed by atoms with E-state index in [0.717, 1.165) is 55.0 Å². The molecule has 0 unspecified atom stereocenters. The van der Waals surface area contributed by atoms with Crippen molar-refractivity contribution in [3.63, 3.8) is 0 Å². The Bertz CT molecular complexity index is 1000. The van der Waals surface area contributed by atoms with Gasteiger partial charge in [-0.05, 0) is 62.3 Å². The van der Waals surface area contributed by atoms with Crippen LogP contribution in [0.15, 0.2) is 24.3 Å². The standard InChI is InChI=1S/C26H33FN4O2/c27-20-10-12-21(13-11-20)31-23-8-4-3-7-22(23)25(28-31)26(33)30-17-15-29(16-18-30)24(32)14-9-19-5-1-2-6-19/h10-13,19H,1-9,14-18H2. The second-order valence-electron chi connectivity index (χ2n) is 9.73. The first-order chi connectivity index (χ1) is 16.1. The average Bonchev–Trinajstić information content (AvgIpc) is 3.51. The number of carbonyl (C=O) groups is 2. The van der Waals surface area contributed by atoms with Crippen molar-refractivity contribution in [2.75, 3.05) is 26.2 Å². The van der Waals surface area contributed by atoms with Crippen molar-refractivity contribution in [1.82, 2.24) is 19.6 Å². The predicted octanol–water partition coefficient (Wildman–Crippen LogP) is 4.15. The van der Waals surface area contributed by atoms with E-state index < -0.39 is 0 Å². The first kappa shape index (κ1) is 22.1. The summed E-state index contributed by atoms with van der Waals surface area (Å²) in [6, 6.07) is 6.27. The fourth-order valence-electron chi connectivity index (χ4n) is 5.66.